The lowest BCUT2D eigenvalue weighted by molar-refractivity contribution is -0.140. The SMILES string of the molecule is CC1=CC(=O)C2=C(CC3C(=CCC4C(=O)N(Cc5cccs5)C(=O)C43)C2c2ccccc2O)C1=O. The molecule has 3 aliphatic carbocycles. The maximum absolute atomic E-state index is 13.7. The molecule has 1 fully saturated rings. The molecule has 2 aromatic rings. The molecule has 1 N–H and O–H groups in total. The molecule has 1 saturated heterocycles. The number of imide groups is 1. The summed E-state index contributed by atoms with van der Waals surface area (Å²) in [5.74, 6) is -2.87. The van der Waals surface area contributed by atoms with E-state index in [1.807, 2.05) is 23.6 Å². The van der Waals surface area contributed by atoms with Crippen LogP contribution in [0.15, 0.2) is 76.2 Å². The molecule has 1 aliphatic heterocycles. The fraction of sp³-hybridized carbons (Fsp3) is 0.286. The zero-order chi connectivity index (χ0) is 24.4. The number of phenolic OH excluding ortho intramolecular Hbond substituents is 1. The zero-order valence-corrected chi connectivity index (χ0v) is 19.9. The second-order valence-corrected chi connectivity index (χ2v) is 10.7. The lowest BCUT2D eigenvalue weighted by atomic mass is 9.59. The van der Waals surface area contributed by atoms with Gasteiger partial charge in [0.25, 0.3) is 0 Å². The number of thiophene rings is 1. The van der Waals surface area contributed by atoms with E-state index < -0.39 is 17.8 Å². The van der Waals surface area contributed by atoms with Crippen LogP contribution in [-0.4, -0.2) is 33.4 Å². The van der Waals surface area contributed by atoms with Crippen LogP contribution in [0.1, 0.15) is 36.1 Å². The summed E-state index contributed by atoms with van der Waals surface area (Å²) >= 11 is 1.50. The number of ketones is 2. The molecule has 4 aliphatic rings. The van der Waals surface area contributed by atoms with Crippen molar-refractivity contribution in [3.8, 4) is 5.75 Å². The summed E-state index contributed by atoms with van der Waals surface area (Å²) in [7, 11) is 0. The minimum atomic E-state index is -0.624. The Bertz CT molecular complexity index is 1400. The van der Waals surface area contributed by atoms with E-state index in [0.29, 0.717) is 28.7 Å². The predicted octanol–water partition coefficient (Wildman–Crippen LogP) is 4.08. The molecule has 4 unspecified atom stereocenters. The van der Waals surface area contributed by atoms with E-state index in [1.54, 1.807) is 31.2 Å². The van der Waals surface area contributed by atoms with Crippen LogP contribution in [0, 0.1) is 17.8 Å². The van der Waals surface area contributed by atoms with Crippen LogP contribution >= 0.6 is 11.3 Å². The van der Waals surface area contributed by atoms with Gasteiger partial charge in [0.05, 0.1) is 18.4 Å². The van der Waals surface area contributed by atoms with Gasteiger partial charge in [-0.2, -0.15) is 0 Å². The first-order chi connectivity index (χ1) is 16.9. The molecular formula is C28H23NO5S. The van der Waals surface area contributed by atoms with E-state index in [-0.39, 0.29) is 48.0 Å². The van der Waals surface area contributed by atoms with Crippen molar-refractivity contribution in [2.75, 3.05) is 0 Å². The molecule has 0 saturated carbocycles. The van der Waals surface area contributed by atoms with Gasteiger partial charge in [-0.05, 0) is 49.3 Å². The van der Waals surface area contributed by atoms with Gasteiger partial charge in [0.2, 0.25) is 11.8 Å². The number of likely N-dealkylation sites (tertiary alicyclic amines) is 1. The quantitative estimate of drug-likeness (QED) is 0.402. The van der Waals surface area contributed by atoms with Gasteiger partial charge in [-0.15, -0.1) is 11.3 Å². The maximum Gasteiger partial charge on any atom is 0.234 e. The number of carbonyl (C=O) groups is 4. The summed E-state index contributed by atoms with van der Waals surface area (Å²) in [6.07, 6.45) is 3.98. The van der Waals surface area contributed by atoms with Crippen molar-refractivity contribution < 1.29 is 24.3 Å². The largest absolute Gasteiger partial charge is 0.508 e. The Labute approximate surface area is 206 Å². The highest BCUT2D eigenvalue weighted by atomic mass is 32.1. The molecular weight excluding hydrogens is 462 g/mol. The van der Waals surface area contributed by atoms with Crippen LogP contribution in [-0.2, 0) is 25.7 Å². The first-order valence-electron chi connectivity index (χ1n) is 11.7. The number of carbonyl (C=O) groups excluding carboxylic acids is 4. The number of hydrogen-bond donors (Lipinski definition) is 1. The molecule has 4 atom stereocenters. The molecule has 6 nitrogen and oxygen atoms in total. The van der Waals surface area contributed by atoms with Gasteiger partial charge in [0.15, 0.2) is 11.6 Å². The Morgan fingerprint density at radius 3 is 2.57 bits per heavy atom. The van der Waals surface area contributed by atoms with E-state index in [4.69, 9.17) is 0 Å². The molecule has 1 aromatic carbocycles. The molecule has 0 radical (unpaired) electrons. The smallest absolute Gasteiger partial charge is 0.234 e. The van der Waals surface area contributed by atoms with Crippen LogP contribution < -0.4 is 0 Å². The van der Waals surface area contributed by atoms with Crippen molar-refractivity contribution in [3.63, 3.8) is 0 Å². The molecule has 176 valence electrons. The van der Waals surface area contributed by atoms with Crippen LogP contribution in [0.4, 0.5) is 0 Å². The highest BCUT2D eigenvalue weighted by Gasteiger charge is 2.56. The number of phenols is 1. The third-order valence-electron chi connectivity index (χ3n) is 7.80. The van der Waals surface area contributed by atoms with E-state index >= 15 is 0 Å². The van der Waals surface area contributed by atoms with Crippen molar-refractivity contribution in [2.24, 2.45) is 17.8 Å². The van der Waals surface area contributed by atoms with Crippen molar-refractivity contribution in [1.82, 2.24) is 4.90 Å². The third kappa shape index (κ3) is 3.22. The fourth-order valence-corrected chi connectivity index (χ4v) is 6.94. The van der Waals surface area contributed by atoms with E-state index in [1.165, 1.54) is 22.3 Å². The topological polar surface area (TPSA) is 91.8 Å². The van der Waals surface area contributed by atoms with Crippen molar-refractivity contribution in [3.05, 3.63) is 86.7 Å². The predicted molar refractivity (Wildman–Crippen MR) is 129 cm³/mol. The molecule has 0 spiro atoms. The van der Waals surface area contributed by atoms with Gasteiger partial charge in [-0.1, -0.05) is 35.9 Å². The van der Waals surface area contributed by atoms with Crippen LogP contribution in [0.2, 0.25) is 0 Å². The molecule has 35 heavy (non-hydrogen) atoms. The number of para-hydroxylation sites is 1. The van der Waals surface area contributed by atoms with Crippen molar-refractivity contribution in [1.29, 1.82) is 0 Å². The average molecular weight is 486 g/mol. The Kier molecular flexibility index (Phi) is 5.00. The minimum absolute atomic E-state index is 0.0349. The van der Waals surface area contributed by atoms with Gasteiger partial charge in [0, 0.05) is 33.1 Å². The van der Waals surface area contributed by atoms with Gasteiger partial charge in [0.1, 0.15) is 5.75 Å². The van der Waals surface area contributed by atoms with Crippen LogP contribution in [0.5, 0.6) is 5.75 Å². The lowest BCUT2D eigenvalue weighted by Crippen LogP contribution is -2.39. The Morgan fingerprint density at radius 2 is 1.83 bits per heavy atom. The summed E-state index contributed by atoms with van der Waals surface area (Å²) in [4.78, 5) is 55.7. The third-order valence-corrected chi connectivity index (χ3v) is 8.66. The fourth-order valence-electron chi connectivity index (χ4n) is 6.25. The summed E-state index contributed by atoms with van der Waals surface area (Å²) in [6, 6.07) is 10.6. The molecule has 2 heterocycles. The number of Topliss-reactive ketones (excluding diaryl/α,β-unsaturated/α-hetero) is 1. The Hall–Kier alpha value is -3.58. The van der Waals surface area contributed by atoms with Gasteiger partial charge in [-0.3, -0.25) is 24.1 Å². The number of nitrogens with zero attached hydrogens (tertiary/aromatic N) is 1. The highest BCUT2D eigenvalue weighted by molar-refractivity contribution is 7.09. The number of hydrogen-bond acceptors (Lipinski definition) is 6. The average Bonchev–Trinajstić information content (AvgIpc) is 3.44. The number of amides is 2. The van der Waals surface area contributed by atoms with E-state index in [9.17, 15) is 24.3 Å². The molecule has 1 aromatic heterocycles. The first kappa shape index (κ1) is 21.9. The number of fused-ring (bicyclic) bond motifs is 3. The van der Waals surface area contributed by atoms with Crippen molar-refractivity contribution >= 4 is 34.7 Å². The summed E-state index contributed by atoms with van der Waals surface area (Å²) in [5.41, 5.74) is 2.55. The molecule has 6 rings (SSSR count). The van der Waals surface area contributed by atoms with Gasteiger partial charge >= 0.3 is 0 Å². The van der Waals surface area contributed by atoms with E-state index in [0.717, 1.165) is 10.5 Å². The summed E-state index contributed by atoms with van der Waals surface area (Å²) < 4.78 is 0. The second-order valence-electron chi connectivity index (χ2n) is 9.63. The normalized spacial score (nSPS) is 28.0. The zero-order valence-electron chi connectivity index (χ0n) is 19.1. The number of rotatable bonds is 3. The Morgan fingerprint density at radius 1 is 1.03 bits per heavy atom. The standard InChI is InChI=1S/C28H23NO5S/c1-14-11-22(31)25-20(26(14)32)12-19-16(23(25)17-6-2-3-7-21(17)30)8-9-18-24(19)28(34)29(27(18)33)13-15-5-4-10-35-15/h2-8,10-11,18-19,23-24,30H,9,12-13H2,1H3. The molecule has 0 bridgehead atoms. The molecule has 2 amide bonds. The van der Waals surface area contributed by atoms with E-state index in [2.05, 4.69) is 0 Å². The summed E-state index contributed by atoms with van der Waals surface area (Å²) in [6.45, 7) is 1.88. The number of benzene rings is 1. The lowest BCUT2D eigenvalue weighted by Gasteiger charge is -2.42. The van der Waals surface area contributed by atoms with Gasteiger partial charge in [-0.25, -0.2) is 0 Å². The Balaban J connectivity index is 1.47. The van der Waals surface area contributed by atoms with Crippen molar-refractivity contribution in [2.45, 2.75) is 32.2 Å². The van der Waals surface area contributed by atoms with Crippen LogP contribution in [0.25, 0.3) is 0 Å². The monoisotopic (exact) mass is 485 g/mol. The summed E-state index contributed by atoms with van der Waals surface area (Å²) in [5, 5.41) is 12.6. The first-order valence-corrected chi connectivity index (χ1v) is 12.6. The van der Waals surface area contributed by atoms with Gasteiger partial charge < -0.3 is 5.11 Å². The van der Waals surface area contributed by atoms with Crippen LogP contribution in [0.3, 0.4) is 0 Å². The number of allylic oxidation sites excluding steroid dienone is 6. The minimum Gasteiger partial charge on any atom is -0.508 e. The molecule has 7 heteroatoms. The maximum atomic E-state index is 13.7. The highest BCUT2D eigenvalue weighted by Crippen LogP contribution is 2.56. The second kappa shape index (κ2) is 7.99. The number of aromatic hydroxyl groups is 1.